The third-order valence-corrected chi connectivity index (χ3v) is 1.94. The summed E-state index contributed by atoms with van der Waals surface area (Å²) in [6, 6.07) is 0. The second-order valence-electron chi connectivity index (χ2n) is 2.11. The highest BCUT2D eigenvalue weighted by atomic mass is 79.9. The normalized spacial score (nSPS) is 32.1. The molecule has 9 heavy (non-hydrogen) atoms. The Morgan fingerprint density at radius 1 is 1.67 bits per heavy atom. The number of carbonyl (C=O) groups is 1. The maximum atomic E-state index is 10.0. The Bertz CT molecular complexity index is 105. The summed E-state index contributed by atoms with van der Waals surface area (Å²) in [5.74, 6) is 0. The molecule has 0 aliphatic carbocycles. The zero-order valence-electron chi connectivity index (χ0n) is 5.05. The molecular formula is C6H9BrO2. The minimum absolute atomic E-state index is 0.0796. The third-order valence-electron chi connectivity index (χ3n) is 1.38. The van der Waals surface area contributed by atoms with Gasteiger partial charge in [-0.3, -0.25) is 0 Å². The number of halogens is 1. The maximum Gasteiger partial charge on any atom is 0.151 e. The Hall–Kier alpha value is 0.110. The Kier molecular flexibility index (Phi) is 2.66. The predicted molar refractivity (Wildman–Crippen MR) is 37.8 cm³/mol. The summed E-state index contributed by atoms with van der Waals surface area (Å²) in [5, 5.41) is 0.998. The highest BCUT2D eigenvalue weighted by Gasteiger charge is 2.37. The molecule has 2 nitrogen and oxygen atoms in total. The zero-order chi connectivity index (χ0) is 6.69. The maximum absolute atomic E-state index is 10.0. The average molecular weight is 193 g/mol. The molecule has 1 aliphatic heterocycles. The van der Waals surface area contributed by atoms with Gasteiger partial charge in [-0.15, -0.1) is 0 Å². The van der Waals surface area contributed by atoms with Gasteiger partial charge in [-0.2, -0.15) is 0 Å². The van der Waals surface area contributed by atoms with E-state index in [9.17, 15) is 4.79 Å². The Morgan fingerprint density at radius 2 is 2.44 bits per heavy atom. The molecule has 3 heteroatoms. The van der Waals surface area contributed by atoms with Gasteiger partial charge < -0.3 is 9.53 Å². The van der Waals surface area contributed by atoms with E-state index in [4.69, 9.17) is 4.74 Å². The van der Waals surface area contributed by atoms with Crippen molar-refractivity contribution in [2.24, 2.45) is 0 Å². The molecule has 0 bridgehead atoms. The van der Waals surface area contributed by atoms with E-state index in [1.807, 2.05) is 0 Å². The molecule has 1 rings (SSSR count). The Balaban J connectivity index is 1.98. The summed E-state index contributed by atoms with van der Waals surface area (Å²) in [6.45, 7) is 0. The molecule has 0 aromatic carbocycles. The Morgan fingerprint density at radius 3 is 2.89 bits per heavy atom. The summed E-state index contributed by atoms with van der Waals surface area (Å²) in [4.78, 5) is 10.0. The lowest BCUT2D eigenvalue weighted by Gasteiger charge is -1.86. The van der Waals surface area contributed by atoms with E-state index in [-0.39, 0.29) is 12.2 Å². The van der Waals surface area contributed by atoms with Crippen molar-refractivity contribution < 1.29 is 9.53 Å². The minimum Gasteiger partial charge on any atom is -0.362 e. The van der Waals surface area contributed by atoms with Crippen molar-refractivity contribution in [1.82, 2.24) is 0 Å². The van der Waals surface area contributed by atoms with Gasteiger partial charge in [0.25, 0.3) is 0 Å². The van der Waals surface area contributed by atoms with Gasteiger partial charge in [-0.1, -0.05) is 15.9 Å². The van der Waals surface area contributed by atoms with Crippen LogP contribution in [0.3, 0.4) is 0 Å². The van der Waals surface area contributed by atoms with Crippen LogP contribution in [-0.2, 0) is 9.53 Å². The van der Waals surface area contributed by atoms with Crippen LogP contribution in [0.25, 0.3) is 0 Å². The fourth-order valence-electron chi connectivity index (χ4n) is 0.787. The number of hydrogen-bond acceptors (Lipinski definition) is 2. The molecule has 2 unspecified atom stereocenters. The monoisotopic (exact) mass is 192 g/mol. The lowest BCUT2D eigenvalue weighted by atomic mass is 10.2. The zero-order valence-corrected chi connectivity index (χ0v) is 6.63. The second kappa shape index (κ2) is 3.32. The highest BCUT2D eigenvalue weighted by molar-refractivity contribution is 9.09. The number of epoxide rings is 1. The SMILES string of the molecule is O=CC1OC1CCCBr. The van der Waals surface area contributed by atoms with Crippen LogP contribution in [0.15, 0.2) is 0 Å². The van der Waals surface area contributed by atoms with E-state index >= 15 is 0 Å². The van der Waals surface area contributed by atoms with Crippen molar-refractivity contribution in [3.8, 4) is 0 Å². The quantitative estimate of drug-likeness (QED) is 0.380. The molecule has 2 atom stereocenters. The van der Waals surface area contributed by atoms with E-state index in [0.29, 0.717) is 0 Å². The average Bonchev–Trinajstić information content (AvgIpc) is 2.62. The Labute approximate surface area is 62.7 Å². The second-order valence-corrected chi connectivity index (χ2v) is 2.90. The lowest BCUT2D eigenvalue weighted by molar-refractivity contribution is -0.108. The molecule has 1 heterocycles. The van der Waals surface area contributed by atoms with Crippen LogP contribution in [0.5, 0.6) is 0 Å². The van der Waals surface area contributed by atoms with E-state index in [0.717, 1.165) is 24.5 Å². The van der Waals surface area contributed by atoms with Crippen molar-refractivity contribution >= 4 is 22.2 Å². The number of aldehydes is 1. The van der Waals surface area contributed by atoms with Crippen LogP contribution in [0.4, 0.5) is 0 Å². The van der Waals surface area contributed by atoms with Crippen molar-refractivity contribution in [1.29, 1.82) is 0 Å². The smallest absolute Gasteiger partial charge is 0.151 e. The molecular weight excluding hydrogens is 184 g/mol. The first kappa shape index (κ1) is 7.22. The number of rotatable bonds is 4. The van der Waals surface area contributed by atoms with E-state index < -0.39 is 0 Å². The summed E-state index contributed by atoms with van der Waals surface area (Å²) >= 11 is 3.30. The van der Waals surface area contributed by atoms with Gasteiger partial charge in [0.15, 0.2) is 6.29 Å². The van der Waals surface area contributed by atoms with Gasteiger partial charge in [0.05, 0.1) is 6.10 Å². The fourth-order valence-corrected chi connectivity index (χ4v) is 1.11. The molecule has 0 N–H and O–H groups in total. The fraction of sp³-hybridized carbons (Fsp3) is 0.833. The van der Waals surface area contributed by atoms with Crippen molar-refractivity contribution in [2.45, 2.75) is 25.0 Å². The first-order valence-corrected chi connectivity index (χ1v) is 4.17. The number of alkyl halides is 1. The van der Waals surface area contributed by atoms with Gasteiger partial charge in [0.1, 0.15) is 6.10 Å². The van der Waals surface area contributed by atoms with Crippen molar-refractivity contribution in [3.05, 3.63) is 0 Å². The number of hydrogen-bond donors (Lipinski definition) is 0. The van der Waals surface area contributed by atoms with E-state index in [1.165, 1.54) is 0 Å². The predicted octanol–water partition coefficient (Wildman–Crippen LogP) is 1.13. The van der Waals surface area contributed by atoms with Crippen LogP contribution in [0.1, 0.15) is 12.8 Å². The topological polar surface area (TPSA) is 29.6 Å². The molecule has 0 radical (unpaired) electrons. The summed E-state index contributed by atoms with van der Waals surface area (Å²) in [6.07, 6.45) is 3.13. The standard InChI is InChI=1S/C6H9BrO2/c7-3-1-2-5-6(4-8)9-5/h4-6H,1-3H2. The number of ether oxygens (including phenoxy) is 1. The van der Waals surface area contributed by atoms with Gasteiger partial charge >= 0.3 is 0 Å². The molecule has 1 saturated heterocycles. The van der Waals surface area contributed by atoms with Crippen molar-refractivity contribution in [2.75, 3.05) is 5.33 Å². The molecule has 0 amide bonds. The molecule has 52 valence electrons. The molecule has 1 aliphatic rings. The van der Waals surface area contributed by atoms with Crippen LogP contribution < -0.4 is 0 Å². The molecule has 1 fully saturated rings. The third kappa shape index (κ3) is 2.06. The number of carbonyl (C=O) groups excluding carboxylic acids is 1. The first-order valence-electron chi connectivity index (χ1n) is 3.05. The van der Waals surface area contributed by atoms with Crippen LogP contribution in [-0.4, -0.2) is 23.8 Å². The van der Waals surface area contributed by atoms with E-state index in [1.54, 1.807) is 0 Å². The van der Waals surface area contributed by atoms with Gasteiger partial charge in [0, 0.05) is 5.33 Å². The highest BCUT2D eigenvalue weighted by Crippen LogP contribution is 2.24. The minimum atomic E-state index is -0.0796. The summed E-state index contributed by atoms with van der Waals surface area (Å²) < 4.78 is 4.98. The molecule has 0 saturated carbocycles. The van der Waals surface area contributed by atoms with Crippen molar-refractivity contribution in [3.63, 3.8) is 0 Å². The van der Waals surface area contributed by atoms with E-state index in [2.05, 4.69) is 15.9 Å². The van der Waals surface area contributed by atoms with Gasteiger partial charge in [0.2, 0.25) is 0 Å². The van der Waals surface area contributed by atoms with Crippen LogP contribution >= 0.6 is 15.9 Å². The first-order chi connectivity index (χ1) is 4.38. The summed E-state index contributed by atoms with van der Waals surface area (Å²) in [7, 11) is 0. The van der Waals surface area contributed by atoms with Gasteiger partial charge in [-0.25, -0.2) is 0 Å². The lowest BCUT2D eigenvalue weighted by Crippen LogP contribution is -1.94. The molecule has 0 aromatic rings. The van der Waals surface area contributed by atoms with Crippen LogP contribution in [0.2, 0.25) is 0 Å². The largest absolute Gasteiger partial charge is 0.362 e. The molecule has 0 aromatic heterocycles. The molecule has 0 spiro atoms. The summed E-state index contributed by atoms with van der Waals surface area (Å²) in [5.41, 5.74) is 0. The van der Waals surface area contributed by atoms with Crippen LogP contribution in [0, 0.1) is 0 Å². The van der Waals surface area contributed by atoms with Gasteiger partial charge in [-0.05, 0) is 12.8 Å².